The molecule has 2 atom stereocenters. The van der Waals surface area contributed by atoms with Gasteiger partial charge < -0.3 is 15.7 Å². The second-order valence-electron chi connectivity index (χ2n) is 8.02. The Morgan fingerprint density at radius 3 is 2.10 bits per heavy atom. The number of amides is 2. The van der Waals surface area contributed by atoms with Crippen molar-refractivity contribution in [2.24, 2.45) is 5.92 Å². The standard InChI is InChI=1S/C24H38N2O4/c1-4-6-7-8-9-10-11-12-21(27)25-17-19-13-15-20(16-14-19)23(28)26-22(24(29)30)18(3)5-2/h13-16,18,22H,4-12,17H2,1-3H3,(H,25,27)(H,26,28)(H,29,30)/t18-,22-/m0/s1. The fraction of sp³-hybridized carbons (Fsp3) is 0.625. The zero-order valence-corrected chi connectivity index (χ0v) is 18.7. The Hall–Kier alpha value is -2.37. The number of hydrogen-bond donors (Lipinski definition) is 3. The van der Waals surface area contributed by atoms with Crippen molar-refractivity contribution in [3.63, 3.8) is 0 Å². The quantitative estimate of drug-likeness (QED) is 0.361. The molecule has 30 heavy (non-hydrogen) atoms. The molecule has 168 valence electrons. The van der Waals surface area contributed by atoms with Crippen molar-refractivity contribution >= 4 is 17.8 Å². The molecule has 6 nitrogen and oxygen atoms in total. The summed E-state index contributed by atoms with van der Waals surface area (Å²) in [4.78, 5) is 35.7. The van der Waals surface area contributed by atoms with Crippen LogP contribution in [0.5, 0.6) is 0 Å². The van der Waals surface area contributed by atoms with E-state index in [9.17, 15) is 19.5 Å². The van der Waals surface area contributed by atoms with Gasteiger partial charge in [0, 0.05) is 18.5 Å². The van der Waals surface area contributed by atoms with Crippen LogP contribution in [0.1, 0.15) is 94.5 Å². The number of nitrogens with one attached hydrogen (secondary N) is 2. The van der Waals surface area contributed by atoms with Gasteiger partial charge in [0.15, 0.2) is 0 Å². The Labute approximate surface area is 180 Å². The average Bonchev–Trinajstić information content (AvgIpc) is 2.74. The molecule has 1 aromatic carbocycles. The highest BCUT2D eigenvalue weighted by atomic mass is 16.4. The smallest absolute Gasteiger partial charge is 0.326 e. The van der Waals surface area contributed by atoms with Gasteiger partial charge in [-0.25, -0.2) is 4.79 Å². The van der Waals surface area contributed by atoms with Crippen LogP contribution in [0, 0.1) is 5.92 Å². The van der Waals surface area contributed by atoms with Gasteiger partial charge >= 0.3 is 5.97 Å². The van der Waals surface area contributed by atoms with Crippen LogP contribution < -0.4 is 10.6 Å². The second kappa shape index (κ2) is 14.6. The molecular weight excluding hydrogens is 380 g/mol. The third kappa shape index (κ3) is 9.90. The number of rotatable bonds is 15. The number of carboxylic acid groups (broad SMARTS) is 1. The molecule has 1 aromatic rings. The lowest BCUT2D eigenvalue weighted by molar-refractivity contribution is -0.140. The summed E-state index contributed by atoms with van der Waals surface area (Å²) in [6.07, 6.45) is 9.47. The van der Waals surface area contributed by atoms with Crippen LogP contribution in [-0.4, -0.2) is 28.9 Å². The van der Waals surface area contributed by atoms with Crippen molar-refractivity contribution < 1.29 is 19.5 Å². The van der Waals surface area contributed by atoms with E-state index in [2.05, 4.69) is 17.6 Å². The Bertz CT molecular complexity index is 658. The summed E-state index contributed by atoms with van der Waals surface area (Å²) >= 11 is 0. The molecule has 1 rings (SSSR count). The molecule has 0 aliphatic carbocycles. The van der Waals surface area contributed by atoms with Gasteiger partial charge in [0.05, 0.1) is 0 Å². The number of carboxylic acids is 1. The predicted octanol–water partition coefficient (Wildman–Crippen LogP) is 4.67. The molecule has 0 bridgehead atoms. The molecule has 0 fully saturated rings. The maximum atomic E-state index is 12.3. The summed E-state index contributed by atoms with van der Waals surface area (Å²) in [6.45, 7) is 6.32. The van der Waals surface area contributed by atoms with Crippen LogP contribution in [-0.2, 0) is 16.1 Å². The number of hydrogen-bond acceptors (Lipinski definition) is 3. The third-order valence-electron chi connectivity index (χ3n) is 5.48. The molecule has 0 aromatic heterocycles. The van der Waals surface area contributed by atoms with Gasteiger partial charge in [0.1, 0.15) is 6.04 Å². The molecule has 0 saturated carbocycles. The first-order valence-corrected chi connectivity index (χ1v) is 11.3. The minimum absolute atomic E-state index is 0.0447. The predicted molar refractivity (Wildman–Crippen MR) is 119 cm³/mol. The van der Waals surface area contributed by atoms with Crippen LogP contribution in [0.15, 0.2) is 24.3 Å². The van der Waals surface area contributed by atoms with Crippen LogP contribution in [0.25, 0.3) is 0 Å². The molecule has 0 aliphatic rings. The van der Waals surface area contributed by atoms with E-state index in [0.29, 0.717) is 24.9 Å². The number of carbonyl (C=O) groups is 3. The normalized spacial score (nSPS) is 12.8. The second-order valence-corrected chi connectivity index (χ2v) is 8.02. The molecule has 0 heterocycles. The van der Waals surface area contributed by atoms with Crippen molar-refractivity contribution in [3.05, 3.63) is 35.4 Å². The third-order valence-corrected chi connectivity index (χ3v) is 5.48. The molecule has 3 N–H and O–H groups in total. The van der Waals surface area contributed by atoms with Gasteiger partial charge in [0.25, 0.3) is 5.91 Å². The van der Waals surface area contributed by atoms with Crippen molar-refractivity contribution in [1.29, 1.82) is 0 Å². The lowest BCUT2D eigenvalue weighted by Crippen LogP contribution is -2.45. The molecular formula is C24H38N2O4. The lowest BCUT2D eigenvalue weighted by Gasteiger charge is -2.20. The first-order chi connectivity index (χ1) is 14.4. The minimum atomic E-state index is -1.03. The van der Waals surface area contributed by atoms with Crippen LogP contribution in [0.2, 0.25) is 0 Å². The Morgan fingerprint density at radius 1 is 0.933 bits per heavy atom. The summed E-state index contributed by atoms with van der Waals surface area (Å²) in [5.74, 6) is -1.55. The topological polar surface area (TPSA) is 95.5 Å². The van der Waals surface area contributed by atoms with E-state index in [1.54, 1.807) is 31.2 Å². The van der Waals surface area contributed by atoms with E-state index in [1.807, 2.05) is 6.92 Å². The SMILES string of the molecule is CCCCCCCCCC(=O)NCc1ccc(C(=O)N[C@H](C(=O)O)[C@@H](C)CC)cc1. The summed E-state index contributed by atoms with van der Waals surface area (Å²) in [5.41, 5.74) is 1.30. The lowest BCUT2D eigenvalue weighted by atomic mass is 9.99. The van der Waals surface area contributed by atoms with Gasteiger partial charge in [0.2, 0.25) is 5.91 Å². The maximum Gasteiger partial charge on any atom is 0.326 e. The molecule has 6 heteroatoms. The molecule has 0 radical (unpaired) electrons. The largest absolute Gasteiger partial charge is 0.480 e. The average molecular weight is 419 g/mol. The van der Waals surface area contributed by atoms with Crippen molar-refractivity contribution in [3.8, 4) is 0 Å². The van der Waals surface area contributed by atoms with Crippen molar-refractivity contribution in [1.82, 2.24) is 10.6 Å². The summed E-state index contributed by atoms with van der Waals surface area (Å²) in [7, 11) is 0. The van der Waals surface area contributed by atoms with Crippen LogP contribution in [0.4, 0.5) is 0 Å². The Balaban J connectivity index is 2.37. The molecule has 0 aliphatic heterocycles. The van der Waals surface area contributed by atoms with Crippen molar-refractivity contribution in [2.45, 2.75) is 91.1 Å². The van der Waals surface area contributed by atoms with Gasteiger partial charge in [-0.2, -0.15) is 0 Å². The monoisotopic (exact) mass is 418 g/mol. The van der Waals surface area contributed by atoms with E-state index in [4.69, 9.17) is 0 Å². The first-order valence-electron chi connectivity index (χ1n) is 11.3. The molecule has 0 spiro atoms. The van der Waals surface area contributed by atoms with Gasteiger partial charge in [-0.15, -0.1) is 0 Å². The van der Waals surface area contributed by atoms with E-state index >= 15 is 0 Å². The van der Waals surface area contributed by atoms with E-state index in [0.717, 1.165) is 18.4 Å². The van der Waals surface area contributed by atoms with Crippen LogP contribution >= 0.6 is 0 Å². The highest BCUT2D eigenvalue weighted by molar-refractivity contribution is 5.96. The van der Waals surface area contributed by atoms with E-state index in [1.165, 1.54) is 32.1 Å². The van der Waals surface area contributed by atoms with Gasteiger partial charge in [-0.1, -0.05) is 77.8 Å². The number of unbranched alkanes of at least 4 members (excludes halogenated alkanes) is 6. The van der Waals surface area contributed by atoms with E-state index < -0.39 is 17.9 Å². The number of aliphatic carboxylic acids is 1. The zero-order valence-electron chi connectivity index (χ0n) is 18.7. The fourth-order valence-corrected chi connectivity index (χ4v) is 3.21. The fourth-order valence-electron chi connectivity index (χ4n) is 3.21. The number of carbonyl (C=O) groups excluding carboxylic acids is 2. The first kappa shape index (κ1) is 25.7. The summed E-state index contributed by atoms with van der Waals surface area (Å²) < 4.78 is 0. The Morgan fingerprint density at radius 2 is 1.53 bits per heavy atom. The highest BCUT2D eigenvalue weighted by Gasteiger charge is 2.25. The molecule has 2 amide bonds. The molecule has 0 unspecified atom stereocenters. The zero-order chi connectivity index (χ0) is 22.4. The highest BCUT2D eigenvalue weighted by Crippen LogP contribution is 2.11. The summed E-state index contributed by atoms with van der Waals surface area (Å²) in [6, 6.07) is 5.96. The molecule has 0 saturated heterocycles. The minimum Gasteiger partial charge on any atom is -0.480 e. The van der Waals surface area contributed by atoms with Crippen molar-refractivity contribution in [2.75, 3.05) is 0 Å². The van der Waals surface area contributed by atoms with E-state index in [-0.39, 0.29) is 11.8 Å². The van der Waals surface area contributed by atoms with Gasteiger partial charge in [-0.05, 0) is 30.0 Å². The maximum absolute atomic E-state index is 12.3. The number of benzene rings is 1. The summed E-state index contributed by atoms with van der Waals surface area (Å²) in [5, 5.41) is 14.8. The van der Waals surface area contributed by atoms with Gasteiger partial charge in [-0.3, -0.25) is 9.59 Å². The Kier molecular flexibility index (Phi) is 12.5. The van der Waals surface area contributed by atoms with Crippen LogP contribution in [0.3, 0.4) is 0 Å².